The van der Waals surface area contributed by atoms with Crippen molar-refractivity contribution in [3.8, 4) is 0 Å². The molecule has 1 aromatic heterocycles. The van der Waals surface area contributed by atoms with E-state index >= 15 is 0 Å². The van der Waals surface area contributed by atoms with Crippen molar-refractivity contribution in [2.75, 3.05) is 0 Å². The van der Waals surface area contributed by atoms with E-state index in [1.165, 1.54) is 6.20 Å². The minimum Gasteiger partial charge on any atom is -0.481 e. The first-order valence-electron chi connectivity index (χ1n) is 7.19. The molecule has 1 atom stereocenters. The summed E-state index contributed by atoms with van der Waals surface area (Å²) >= 11 is 5.94. The first kappa shape index (κ1) is 17.0. The highest BCUT2D eigenvalue weighted by Crippen LogP contribution is 2.21. The molecule has 2 N–H and O–H groups in total. The Morgan fingerprint density at radius 1 is 1.39 bits per heavy atom. The lowest BCUT2D eigenvalue weighted by atomic mass is 10.0. The van der Waals surface area contributed by atoms with Gasteiger partial charge in [0.15, 0.2) is 0 Å². The van der Waals surface area contributed by atoms with Gasteiger partial charge in [-0.3, -0.25) is 14.3 Å². The molecule has 0 aliphatic rings. The van der Waals surface area contributed by atoms with Crippen LogP contribution < -0.4 is 5.32 Å². The molecule has 0 bridgehead atoms. The zero-order valence-electron chi connectivity index (χ0n) is 12.9. The molecule has 1 heterocycles. The largest absolute Gasteiger partial charge is 0.481 e. The number of aromatic nitrogens is 2. The summed E-state index contributed by atoms with van der Waals surface area (Å²) < 4.78 is 1.67. The van der Waals surface area contributed by atoms with Crippen LogP contribution in [-0.4, -0.2) is 26.8 Å². The van der Waals surface area contributed by atoms with Crippen molar-refractivity contribution in [3.05, 3.63) is 52.8 Å². The molecule has 6 nitrogen and oxygen atoms in total. The Hall–Kier alpha value is -2.34. The van der Waals surface area contributed by atoms with Gasteiger partial charge >= 0.3 is 5.97 Å². The maximum atomic E-state index is 12.3. The van der Waals surface area contributed by atoms with Gasteiger partial charge in [0.2, 0.25) is 0 Å². The van der Waals surface area contributed by atoms with Crippen LogP contribution in [0.1, 0.15) is 48.3 Å². The predicted molar refractivity (Wildman–Crippen MR) is 86.5 cm³/mol. The molecule has 0 aliphatic heterocycles. The quantitative estimate of drug-likeness (QED) is 0.849. The predicted octanol–water partition coefficient (Wildman–Crippen LogP) is 3.06. The summed E-state index contributed by atoms with van der Waals surface area (Å²) in [5.41, 5.74) is 1.03. The topological polar surface area (TPSA) is 84.2 Å². The number of aliphatic carboxylic acids is 1. The summed E-state index contributed by atoms with van der Waals surface area (Å²) in [4.78, 5) is 23.4. The molecule has 23 heavy (non-hydrogen) atoms. The number of carbonyl (C=O) groups is 2. The fourth-order valence-corrected chi connectivity index (χ4v) is 2.33. The molecule has 0 fully saturated rings. The van der Waals surface area contributed by atoms with Crippen molar-refractivity contribution < 1.29 is 14.7 Å². The van der Waals surface area contributed by atoms with Gasteiger partial charge in [-0.2, -0.15) is 5.10 Å². The van der Waals surface area contributed by atoms with Crippen LogP contribution in [0.15, 0.2) is 36.7 Å². The van der Waals surface area contributed by atoms with E-state index in [2.05, 4.69) is 10.4 Å². The number of rotatable bonds is 6. The highest BCUT2D eigenvalue weighted by Gasteiger charge is 2.20. The molecule has 122 valence electrons. The van der Waals surface area contributed by atoms with E-state index in [-0.39, 0.29) is 18.4 Å². The third-order valence-electron chi connectivity index (χ3n) is 3.33. The smallest absolute Gasteiger partial charge is 0.305 e. The Balaban J connectivity index is 2.19. The average Bonchev–Trinajstić information content (AvgIpc) is 2.96. The normalized spacial score (nSPS) is 12.2. The van der Waals surface area contributed by atoms with Crippen LogP contribution in [0.3, 0.4) is 0 Å². The van der Waals surface area contributed by atoms with E-state index in [9.17, 15) is 9.59 Å². The Labute approximate surface area is 139 Å². The number of nitrogens with one attached hydrogen (secondary N) is 1. The Bertz CT molecular complexity index is 712. The van der Waals surface area contributed by atoms with Crippen LogP contribution in [0, 0.1) is 0 Å². The SMILES string of the molecule is CC(C)n1cc(C(=O)N[C@H](CC(=O)O)c2cccc(Cl)c2)cn1. The molecule has 7 heteroatoms. The first-order valence-corrected chi connectivity index (χ1v) is 7.57. The number of carboxylic acids is 1. The number of nitrogens with zero attached hydrogens (tertiary/aromatic N) is 2. The van der Waals surface area contributed by atoms with Crippen LogP contribution in [0.5, 0.6) is 0 Å². The fourth-order valence-electron chi connectivity index (χ4n) is 2.13. The Morgan fingerprint density at radius 2 is 2.13 bits per heavy atom. The van der Waals surface area contributed by atoms with Crippen molar-refractivity contribution in [1.29, 1.82) is 0 Å². The van der Waals surface area contributed by atoms with E-state index in [0.29, 0.717) is 16.1 Å². The van der Waals surface area contributed by atoms with Gasteiger partial charge in [-0.25, -0.2) is 0 Å². The van der Waals surface area contributed by atoms with E-state index in [0.717, 1.165) is 0 Å². The Morgan fingerprint density at radius 3 is 2.70 bits per heavy atom. The monoisotopic (exact) mass is 335 g/mol. The number of benzene rings is 1. The number of amides is 1. The summed E-state index contributed by atoms with van der Waals surface area (Å²) in [6, 6.07) is 6.26. The number of carbonyl (C=O) groups excluding carboxylic acids is 1. The van der Waals surface area contributed by atoms with Crippen molar-refractivity contribution in [2.45, 2.75) is 32.4 Å². The lowest BCUT2D eigenvalue weighted by Gasteiger charge is -2.17. The molecule has 0 aliphatic carbocycles. The van der Waals surface area contributed by atoms with Crippen LogP contribution >= 0.6 is 11.6 Å². The van der Waals surface area contributed by atoms with Crippen LogP contribution in [0.2, 0.25) is 5.02 Å². The van der Waals surface area contributed by atoms with Gasteiger partial charge in [-0.15, -0.1) is 0 Å². The molecule has 0 unspecified atom stereocenters. The van der Waals surface area contributed by atoms with E-state index in [4.69, 9.17) is 16.7 Å². The summed E-state index contributed by atoms with van der Waals surface area (Å²) in [6.45, 7) is 3.90. The van der Waals surface area contributed by atoms with E-state index < -0.39 is 12.0 Å². The van der Waals surface area contributed by atoms with Gasteiger partial charge in [-0.05, 0) is 31.5 Å². The molecule has 1 aromatic carbocycles. The van der Waals surface area contributed by atoms with Gasteiger partial charge in [0.25, 0.3) is 5.91 Å². The van der Waals surface area contributed by atoms with Crippen LogP contribution in [0.4, 0.5) is 0 Å². The molecule has 0 saturated carbocycles. The summed E-state index contributed by atoms with van der Waals surface area (Å²) in [7, 11) is 0. The lowest BCUT2D eigenvalue weighted by molar-refractivity contribution is -0.137. The number of carboxylic acid groups (broad SMARTS) is 1. The summed E-state index contributed by atoms with van der Waals surface area (Å²) in [5.74, 6) is -1.38. The maximum Gasteiger partial charge on any atom is 0.305 e. The number of hydrogen-bond donors (Lipinski definition) is 2. The van der Waals surface area contributed by atoms with Crippen molar-refractivity contribution >= 4 is 23.5 Å². The zero-order chi connectivity index (χ0) is 17.0. The maximum absolute atomic E-state index is 12.3. The fraction of sp³-hybridized carbons (Fsp3) is 0.312. The van der Waals surface area contributed by atoms with Gasteiger partial charge < -0.3 is 10.4 Å². The second-order valence-corrected chi connectivity index (χ2v) is 5.92. The third-order valence-corrected chi connectivity index (χ3v) is 3.56. The number of hydrogen-bond acceptors (Lipinski definition) is 3. The van der Waals surface area contributed by atoms with Gasteiger partial charge in [0.1, 0.15) is 0 Å². The van der Waals surface area contributed by atoms with Crippen molar-refractivity contribution in [1.82, 2.24) is 15.1 Å². The summed E-state index contributed by atoms with van der Waals surface area (Å²) in [6.07, 6.45) is 2.87. The molecule has 0 saturated heterocycles. The van der Waals surface area contributed by atoms with Gasteiger partial charge in [-0.1, -0.05) is 23.7 Å². The standard InChI is InChI=1S/C16H18ClN3O3/c1-10(2)20-9-12(8-18-20)16(23)19-14(7-15(21)22)11-4-3-5-13(17)6-11/h3-6,8-10,14H,7H2,1-2H3,(H,19,23)(H,21,22)/t14-/m1/s1. The van der Waals surface area contributed by atoms with E-state index in [1.54, 1.807) is 35.1 Å². The summed E-state index contributed by atoms with van der Waals surface area (Å²) in [5, 5.41) is 16.4. The molecule has 1 amide bonds. The number of halogens is 1. The van der Waals surface area contributed by atoms with Gasteiger partial charge in [0.05, 0.1) is 24.2 Å². The third kappa shape index (κ3) is 4.56. The second-order valence-electron chi connectivity index (χ2n) is 5.48. The molecular weight excluding hydrogens is 318 g/mol. The average molecular weight is 336 g/mol. The van der Waals surface area contributed by atoms with Crippen LogP contribution in [0.25, 0.3) is 0 Å². The minimum absolute atomic E-state index is 0.138. The lowest BCUT2D eigenvalue weighted by Crippen LogP contribution is -2.30. The molecule has 0 radical (unpaired) electrons. The van der Waals surface area contributed by atoms with Crippen LogP contribution in [-0.2, 0) is 4.79 Å². The van der Waals surface area contributed by atoms with Crippen molar-refractivity contribution in [3.63, 3.8) is 0 Å². The molecule has 2 rings (SSSR count). The molecule has 0 spiro atoms. The Kier molecular flexibility index (Phi) is 5.39. The molecular formula is C16H18ClN3O3. The highest BCUT2D eigenvalue weighted by molar-refractivity contribution is 6.30. The minimum atomic E-state index is -1.01. The second kappa shape index (κ2) is 7.28. The highest BCUT2D eigenvalue weighted by atomic mass is 35.5. The van der Waals surface area contributed by atoms with E-state index in [1.807, 2.05) is 13.8 Å². The van der Waals surface area contributed by atoms with Crippen molar-refractivity contribution in [2.24, 2.45) is 0 Å². The van der Waals surface area contributed by atoms with Gasteiger partial charge in [0, 0.05) is 17.3 Å². The first-order chi connectivity index (χ1) is 10.9. The molecule has 2 aromatic rings. The zero-order valence-corrected chi connectivity index (χ0v) is 13.6.